The van der Waals surface area contributed by atoms with E-state index < -0.39 is 18.3 Å². The quantitative estimate of drug-likeness (QED) is 0.803. The molecular formula is C18H23BFNO3. The Morgan fingerprint density at radius 3 is 2.29 bits per heavy atom. The molecule has 3 aliphatic heterocycles. The third kappa shape index (κ3) is 2.31. The van der Waals surface area contributed by atoms with Crippen LogP contribution >= 0.6 is 0 Å². The third-order valence-electron chi connectivity index (χ3n) is 5.68. The number of ether oxygens (including phenoxy) is 1. The Morgan fingerprint density at radius 1 is 1.08 bits per heavy atom. The van der Waals surface area contributed by atoms with Crippen molar-refractivity contribution in [2.45, 2.75) is 50.9 Å². The lowest BCUT2D eigenvalue weighted by molar-refractivity contribution is 0.00578. The van der Waals surface area contributed by atoms with Gasteiger partial charge in [0.2, 0.25) is 0 Å². The number of para-hydroxylation sites is 1. The molecule has 0 amide bonds. The van der Waals surface area contributed by atoms with Gasteiger partial charge in [0, 0.05) is 25.1 Å². The van der Waals surface area contributed by atoms with Gasteiger partial charge in [-0.1, -0.05) is 18.2 Å². The summed E-state index contributed by atoms with van der Waals surface area (Å²) in [5, 5.41) is 3.23. The summed E-state index contributed by atoms with van der Waals surface area (Å²) in [5.41, 5.74) is -0.383. The normalized spacial score (nSPS) is 28.1. The molecule has 2 fully saturated rings. The summed E-state index contributed by atoms with van der Waals surface area (Å²) in [5.74, 6) is 0.729. The maximum Gasteiger partial charge on any atom is 0.525 e. The molecule has 6 heteroatoms. The second-order valence-electron chi connectivity index (χ2n) is 7.98. The highest BCUT2D eigenvalue weighted by Crippen LogP contribution is 2.46. The molecule has 3 aliphatic rings. The average Bonchev–Trinajstić information content (AvgIpc) is 2.72. The van der Waals surface area contributed by atoms with Gasteiger partial charge in [-0.2, -0.15) is 0 Å². The Labute approximate surface area is 142 Å². The summed E-state index contributed by atoms with van der Waals surface area (Å²) >= 11 is 0. The van der Waals surface area contributed by atoms with Crippen LogP contribution in [0.2, 0.25) is 0 Å². The van der Waals surface area contributed by atoms with E-state index in [0.29, 0.717) is 12.0 Å². The van der Waals surface area contributed by atoms with E-state index in [-0.39, 0.29) is 11.3 Å². The Balaban J connectivity index is 1.75. The van der Waals surface area contributed by atoms with Crippen LogP contribution in [0.1, 0.15) is 39.7 Å². The molecule has 0 radical (unpaired) electrons. The summed E-state index contributed by atoms with van der Waals surface area (Å²) in [4.78, 5) is 0. The highest BCUT2D eigenvalue weighted by atomic mass is 19.1. The molecule has 4 rings (SSSR count). The molecule has 0 aromatic heterocycles. The number of fused-ring (bicyclic) bond motifs is 1. The van der Waals surface area contributed by atoms with Crippen LogP contribution in [0.4, 0.5) is 4.39 Å². The molecule has 1 aromatic carbocycles. The van der Waals surface area contributed by atoms with Crippen molar-refractivity contribution in [3.63, 3.8) is 0 Å². The zero-order valence-electron chi connectivity index (χ0n) is 14.6. The van der Waals surface area contributed by atoms with Gasteiger partial charge in [-0.05, 0) is 39.3 Å². The maximum atomic E-state index is 15.4. The van der Waals surface area contributed by atoms with Crippen molar-refractivity contribution in [1.29, 1.82) is 0 Å². The predicted molar refractivity (Wildman–Crippen MR) is 91.4 cm³/mol. The molecule has 1 aromatic rings. The lowest BCUT2D eigenvalue weighted by Gasteiger charge is -2.46. The number of nitrogens with one attached hydrogen (secondary N) is 1. The van der Waals surface area contributed by atoms with Crippen LogP contribution in [-0.2, 0) is 9.31 Å². The molecule has 0 bridgehead atoms. The van der Waals surface area contributed by atoms with E-state index in [1.54, 1.807) is 0 Å². The summed E-state index contributed by atoms with van der Waals surface area (Å²) in [6.45, 7) is 9.17. The van der Waals surface area contributed by atoms with E-state index in [2.05, 4.69) is 5.32 Å². The molecule has 1 N–H and O–H groups in total. The van der Waals surface area contributed by atoms with Gasteiger partial charge in [-0.25, -0.2) is 4.39 Å². The minimum atomic E-state index is -0.971. The van der Waals surface area contributed by atoms with Gasteiger partial charge >= 0.3 is 7.12 Å². The Kier molecular flexibility index (Phi) is 3.40. The van der Waals surface area contributed by atoms with Crippen molar-refractivity contribution in [3.05, 3.63) is 35.6 Å². The van der Waals surface area contributed by atoms with E-state index in [4.69, 9.17) is 14.0 Å². The monoisotopic (exact) mass is 331 g/mol. The Morgan fingerprint density at radius 2 is 1.71 bits per heavy atom. The average molecular weight is 331 g/mol. The molecular weight excluding hydrogens is 308 g/mol. The Hall–Kier alpha value is -1.37. The lowest BCUT2D eigenvalue weighted by atomic mass is 9.76. The van der Waals surface area contributed by atoms with Crippen LogP contribution in [0.3, 0.4) is 0 Å². The minimum Gasteiger partial charge on any atom is -0.484 e. The number of hydrogen-bond acceptors (Lipinski definition) is 4. The second-order valence-corrected chi connectivity index (χ2v) is 7.98. The highest BCUT2D eigenvalue weighted by molar-refractivity contribution is 6.55. The van der Waals surface area contributed by atoms with E-state index in [1.807, 2.05) is 52.0 Å². The molecule has 4 nitrogen and oxygen atoms in total. The van der Waals surface area contributed by atoms with Crippen LogP contribution in [0.15, 0.2) is 30.0 Å². The highest BCUT2D eigenvalue weighted by Gasteiger charge is 2.54. The van der Waals surface area contributed by atoms with Gasteiger partial charge in [0.25, 0.3) is 0 Å². The molecule has 0 unspecified atom stereocenters. The largest absolute Gasteiger partial charge is 0.525 e. The molecule has 0 atom stereocenters. The van der Waals surface area contributed by atoms with Crippen molar-refractivity contribution in [3.8, 4) is 5.75 Å². The first-order chi connectivity index (χ1) is 11.2. The fourth-order valence-corrected chi connectivity index (χ4v) is 3.39. The Bertz CT molecular complexity index is 696. The predicted octanol–water partition coefficient (Wildman–Crippen LogP) is 3.12. The number of halogens is 1. The van der Waals surface area contributed by atoms with Gasteiger partial charge < -0.3 is 19.4 Å². The first-order valence-corrected chi connectivity index (χ1v) is 8.46. The fraction of sp³-hybridized carbons (Fsp3) is 0.556. The van der Waals surface area contributed by atoms with E-state index in [1.165, 1.54) is 0 Å². The van der Waals surface area contributed by atoms with E-state index in [9.17, 15) is 0 Å². The van der Waals surface area contributed by atoms with Gasteiger partial charge in [0.05, 0.1) is 11.2 Å². The topological polar surface area (TPSA) is 39.7 Å². The summed E-state index contributed by atoms with van der Waals surface area (Å²) < 4.78 is 33.4. The molecule has 0 aliphatic carbocycles. The first kappa shape index (κ1) is 16.1. The van der Waals surface area contributed by atoms with Crippen molar-refractivity contribution in [2.75, 3.05) is 13.1 Å². The summed E-state index contributed by atoms with van der Waals surface area (Å²) in [6.07, 6.45) is 0.521. The number of rotatable bonds is 1. The van der Waals surface area contributed by atoms with E-state index in [0.717, 1.165) is 24.4 Å². The molecule has 1 spiro atoms. The van der Waals surface area contributed by atoms with Crippen LogP contribution in [0, 0.1) is 0 Å². The fourth-order valence-electron chi connectivity index (χ4n) is 3.39. The van der Waals surface area contributed by atoms with Crippen LogP contribution < -0.4 is 10.1 Å². The molecule has 2 saturated heterocycles. The molecule has 24 heavy (non-hydrogen) atoms. The SMILES string of the molecule is CC1(C)OB(C(F)=C2CC3(CNC3)Oc3ccccc32)OC1(C)C. The zero-order valence-corrected chi connectivity index (χ0v) is 14.6. The standard InChI is InChI=1S/C18H23BFNO3/c1-16(2)17(3,4)24-19(23-16)15(20)13-9-18(10-21-11-18)22-14-8-6-5-7-12(13)14/h5-8,21H,9-11H2,1-4H3. The second kappa shape index (κ2) is 5.07. The van der Waals surface area contributed by atoms with E-state index >= 15 is 4.39 Å². The van der Waals surface area contributed by atoms with Crippen molar-refractivity contribution in [2.24, 2.45) is 0 Å². The van der Waals surface area contributed by atoms with Crippen molar-refractivity contribution < 1.29 is 18.4 Å². The van der Waals surface area contributed by atoms with Crippen LogP contribution in [0.5, 0.6) is 5.75 Å². The van der Waals surface area contributed by atoms with Crippen molar-refractivity contribution in [1.82, 2.24) is 5.32 Å². The minimum absolute atomic E-state index is 0.337. The van der Waals surface area contributed by atoms with Gasteiger partial charge in [0.15, 0.2) is 0 Å². The first-order valence-electron chi connectivity index (χ1n) is 8.46. The van der Waals surface area contributed by atoms with Gasteiger partial charge in [0.1, 0.15) is 17.1 Å². The number of benzene rings is 1. The summed E-state index contributed by atoms with van der Waals surface area (Å²) in [6, 6.07) is 7.60. The summed E-state index contributed by atoms with van der Waals surface area (Å²) in [7, 11) is -0.971. The van der Waals surface area contributed by atoms with Gasteiger partial charge in [-0.3, -0.25) is 0 Å². The zero-order chi connectivity index (χ0) is 17.2. The molecule has 128 valence electrons. The van der Waals surface area contributed by atoms with Crippen molar-refractivity contribution >= 4 is 12.7 Å². The smallest absolute Gasteiger partial charge is 0.484 e. The van der Waals surface area contributed by atoms with Crippen LogP contribution in [-0.4, -0.2) is 37.0 Å². The van der Waals surface area contributed by atoms with Gasteiger partial charge in [-0.15, -0.1) is 0 Å². The molecule has 3 heterocycles. The molecule has 0 saturated carbocycles. The number of hydrogen-bond donors (Lipinski definition) is 1. The third-order valence-corrected chi connectivity index (χ3v) is 5.68. The van der Waals surface area contributed by atoms with Crippen LogP contribution in [0.25, 0.3) is 5.57 Å². The lowest BCUT2D eigenvalue weighted by Crippen LogP contribution is -2.64. The maximum absolute atomic E-state index is 15.4.